The standard InChI is InChI=1S/C25H29F2N3O4S2/c1-18-5-7-20(8-6-18)36(32,33)15-2-4-23(31)30(10-3-9-29-11-13-34-14-12-29)25-28-24-21(27)16-19(26)17-22(24)35-25/h5-8,16-17H,2-4,9-15H2,1H3. The van der Waals surface area contributed by atoms with Crippen molar-refractivity contribution in [3.05, 3.63) is 53.6 Å². The quantitative estimate of drug-likeness (QED) is 0.386. The number of thiazole rings is 1. The predicted octanol–water partition coefficient (Wildman–Crippen LogP) is 4.19. The first-order valence-corrected chi connectivity index (χ1v) is 14.4. The summed E-state index contributed by atoms with van der Waals surface area (Å²) < 4.78 is 59.0. The van der Waals surface area contributed by atoms with Crippen LogP contribution in [0.3, 0.4) is 0 Å². The number of amides is 1. The van der Waals surface area contributed by atoms with E-state index in [1.807, 2.05) is 6.92 Å². The summed E-state index contributed by atoms with van der Waals surface area (Å²) in [6.07, 6.45) is 0.790. The molecule has 36 heavy (non-hydrogen) atoms. The molecule has 194 valence electrons. The number of rotatable bonds is 10. The number of fused-ring (bicyclic) bond motifs is 1. The van der Waals surface area contributed by atoms with E-state index in [1.54, 1.807) is 24.3 Å². The molecule has 7 nitrogen and oxygen atoms in total. The minimum atomic E-state index is -3.52. The van der Waals surface area contributed by atoms with Gasteiger partial charge < -0.3 is 4.74 Å². The molecule has 0 N–H and O–H groups in total. The molecular weight excluding hydrogens is 508 g/mol. The minimum Gasteiger partial charge on any atom is -0.379 e. The molecule has 0 spiro atoms. The van der Waals surface area contributed by atoms with Crippen LogP contribution in [-0.2, 0) is 19.4 Å². The van der Waals surface area contributed by atoms with Gasteiger partial charge in [0.05, 0.1) is 28.6 Å². The maximum Gasteiger partial charge on any atom is 0.228 e. The fourth-order valence-electron chi connectivity index (χ4n) is 4.08. The lowest BCUT2D eigenvalue weighted by Gasteiger charge is -2.27. The Kier molecular flexibility index (Phi) is 8.66. The van der Waals surface area contributed by atoms with Crippen LogP contribution in [0.4, 0.5) is 13.9 Å². The Bertz CT molecular complexity index is 1310. The van der Waals surface area contributed by atoms with E-state index in [4.69, 9.17) is 4.74 Å². The van der Waals surface area contributed by atoms with Crippen molar-refractivity contribution >= 4 is 42.4 Å². The average Bonchev–Trinajstić information content (AvgIpc) is 3.26. The summed E-state index contributed by atoms with van der Waals surface area (Å²) in [4.78, 5) is 21.4. The number of nitrogens with zero attached hydrogens (tertiary/aromatic N) is 3. The largest absolute Gasteiger partial charge is 0.379 e. The number of aryl methyl sites for hydroxylation is 1. The van der Waals surface area contributed by atoms with Gasteiger partial charge in [0.25, 0.3) is 0 Å². The van der Waals surface area contributed by atoms with E-state index >= 15 is 0 Å². The van der Waals surface area contributed by atoms with E-state index < -0.39 is 21.5 Å². The van der Waals surface area contributed by atoms with Crippen LogP contribution in [0.1, 0.15) is 24.8 Å². The zero-order valence-electron chi connectivity index (χ0n) is 20.1. The van der Waals surface area contributed by atoms with Gasteiger partial charge in [-0.3, -0.25) is 14.6 Å². The second-order valence-corrected chi connectivity index (χ2v) is 11.9. The monoisotopic (exact) mass is 537 g/mol. The number of ether oxygens (including phenoxy) is 1. The van der Waals surface area contributed by atoms with Crippen molar-refractivity contribution in [2.45, 2.75) is 31.1 Å². The van der Waals surface area contributed by atoms with Crippen LogP contribution in [-0.4, -0.2) is 69.4 Å². The topological polar surface area (TPSA) is 79.8 Å². The second-order valence-electron chi connectivity index (χ2n) is 8.82. The van der Waals surface area contributed by atoms with Crippen LogP contribution in [0, 0.1) is 18.6 Å². The van der Waals surface area contributed by atoms with Gasteiger partial charge in [-0.1, -0.05) is 29.0 Å². The normalized spacial score (nSPS) is 14.9. The number of aromatic nitrogens is 1. The first-order chi connectivity index (χ1) is 17.2. The third-order valence-electron chi connectivity index (χ3n) is 6.08. The molecule has 2 heterocycles. The lowest BCUT2D eigenvalue weighted by atomic mass is 10.2. The van der Waals surface area contributed by atoms with Gasteiger partial charge in [-0.2, -0.15) is 0 Å². The van der Waals surface area contributed by atoms with Crippen LogP contribution in [0.15, 0.2) is 41.3 Å². The summed E-state index contributed by atoms with van der Waals surface area (Å²) in [7, 11) is -3.52. The molecule has 1 aliphatic heterocycles. The molecule has 2 aromatic carbocycles. The van der Waals surface area contributed by atoms with Gasteiger partial charge in [0.1, 0.15) is 11.3 Å². The smallest absolute Gasteiger partial charge is 0.228 e. The Morgan fingerprint density at radius 1 is 1.14 bits per heavy atom. The maximum atomic E-state index is 14.3. The van der Waals surface area contributed by atoms with Gasteiger partial charge in [0.2, 0.25) is 5.91 Å². The zero-order valence-corrected chi connectivity index (χ0v) is 21.7. The molecule has 1 aromatic heterocycles. The molecule has 0 saturated carbocycles. The molecule has 1 fully saturated rings. The number of morpholine rings is 1. The molecule has 3 aromatic rings. The summed E-state index contributed by atoms with van der Waals surface area (Å²) in [5.41, 5.74) is 0.980. The zero-order chi connectivity index (χ0) is 25.7. The van der Waals surface area contributed by atoms with Crippen molar-refractivity contribution in [2.75, 3.05) is 50.0 Å². The van der Waals surface area contributed by atoms with E-state index in [0.29, 0.717) is 30.9 Å². The van der Waals surface area contributed by atoms with Crippen molar-refractivity contribution < 1.29 is 26.7 Å². The molecular formula is C25H29F2N3O4S2. The second kappa shape index (κ2) is 11.7. The Balaban J connectivity index is 1.45. The molecule has 0 bridgehead atoms. The molecule has 11 heteroatoms. The average molecular weight is 538 g/mol. The fraction of sp³-hybridized carbons (Fsp3) is 0.440. The first-order valence-electron chi connectivity index (χ1n) is 11.9. The number of halogens is 2. The summed E-state index contributed by atoms with van der Waals surface area (Å²) in [5.74, 6) is -1.95. The Morgan fingerprint density at radius 2 is 1.86 bits per heavy atom. The summed E-state index contributed by atoms with van der Waals surface area (Å²) >= 11 is 1.05. The highest BCUT2D eigenvalue weighted by Crippen LogP contribution is 2.32. The number of carbonyl (C=O) groups is 1. The van der Waals surface area contributed by atoms with Crippen LogP contribution in [0.2, 0.25) is 0 Å². The van der Waals surface area contributed by atoms with Gasteiger partial charge >= 0.3 is 0 Å². The molecule has 1 aliphatic rings. The Labute approximate surface area is 213 Å². The van der Waals surface area contributed by atoms with E-state index in [-0.39, 0.29) is 40.0 Å². The SMILES string of the molecule is Cc1ccc(S(=O)(=O)CCCC(=O)N(CCCN2CCOCC2)c2nc3c(F)cc(F)cc3s2)cc1. The molecule has 1 amide bonds. The van der Waals surface area contributed by atoms with Crippen LogP contribution in [0.25, 0.3) is 10.2 Å². The molecule has 0 atom stereocenters. The number of hydrogen-bond acceptors (Lipinski definition) is 7. The molecule has 4 rings (SSSR count). The van der Waals surface area contributed by atoms with Crippen molar-refractivity contribution in [2.24, 2.45) is 0 Å². The van der Waals surface area contributed by atoms with E-state index in [1.165, 1.54) is 11.0 Å². The highest BCUT2D eigenvalue weighted by Gasteiger charge is 2.23. The van der Waals surface area contributed by atoms with Crippen molar-refractivity contribution in [1.82, 2.24) is 9.88 Å². The van der Waals surface area contributed by atoms with Gasteiger partial charge in [-0.05, 0) is 38.0 Å². The van der Waals surface area contributed by atoms with Crippen molar-refractivity contribution in [1.29, 1.82) is 0 Å². The lowest BCUT2D eigenvalue weighted by molar-refractivity contribution is -0.118. The van der Waals surface area contributed by atoms with Crippen LogP contribution < -0.4 is 4.90 Å². The minimum absolute atomic E-state index is 0.00455. The molecule has 0 radical (unpaired) electrons. The predicted molar refractivity (Wildman–Crippen MR) is 136 cm³/mol. The van der Waals surface area contributed by atoms with Crippen molar-refractivity contribution in [3.8, 4) is 0 Å². The number of carbonyl (C=O) groups excluding carboxylic acids is 1. The fourth-order valence-corrected chi connectivity index (χ4v) is 6.44. The third-order valence-corrected chi connectivity index (χ3v) is 8.92. The van der Waals surface area contributed by atoms with E-state index in [9.17, 15) is 22.0 Å². The van der Waals surface area contributed by atoms with Crippen LogP contribution in [0.5, 0.6) is 0 Å². The molecule has 0 unspecified atom stereocenters. The van der Waals surface area contributed by atoms with Gasteiger partial charge in [0, 0.05) is 38.7 Å². The Morgan fingerprint density at radius 3 is 2.58 bits per heavy atom. The van der Waals surface area contributed by atoms with Gasteiger partial charge in [-0.15, -0.1) is 0 Å². The number of hydrogen-bond donors (Lipinski definition) is 0. The highest BCUT2D eigenvalue weighted by molar-refractivity contribution is 7.91. The third kappa shape index (κ3) is 6.64. The Hall–Kier alpha value is -2.47. The molecule has 1 saturated heterocycles. The number of sulfone groups is 1. The van der Waals surface area contributed by atoms with Crippen molar-refractivity contribution in [3.63, 3.8) is 0 Å². The van der Waals surface area contributed by atoms with E-state index in [0.717, 1.165) is 42.6 Å². The summed E-state index contributed by atoms with van der Waals surface area (Å²) in [6, 6.07) is 8.58. The molecule has 0 aliphatic carbocycles. The maximum absolute atomic E-state index is 14.3. The van der Waals surface area contributed by atoms with Gasteiger partial charge in [0.15, 0.2) is 20.8 Å². The number of benzene rings is 2. The summed E-state index contributed by atoms with van der Waals surface area (Å²) in [5, 5.41) is 0.280. The highest BCUT2D eigenvalue weighted by atomic mass is 32.2. The van der Waals surface area contributed by atoms with Gasteiger partial charge in [-0.25, -0.2) is 22.2 Å². The number of anilines is 1. The first kappa shape index (κ1) is 26.6. The lowest BCUT2D eigenvalue weighted by Crippen LogP contribution is -2.39. The van der Waals surface area contributed by atoms with E-state index in [2.05, 4.69) is 9.88 Å². The summed E-state index contributed by atoms with van der Waals surface area (Å²) in [6.45, 7) is 5.94. The van der Waals surface area contributed by atoms with Crippen LogP contribution >= 0.6 is 11.3 Å².